The van der Waals surface area contributed by atoms with Crippen LogP contribution < -0.4 is 10.6 Å². The molecule has 0 spiro atoms. The second-order valence-corrected chi connectivity index (χ2v) is 8.71. The Morgan fingerprint density at radius 1 is 0.879 bits per heavy atom. The van der Waals surface area contributed by atoms with Crippen LogP contribution in [0.3, 0.4) is 0 Å². The summed E-state index contributed by atoms with van der Waals surface area (Å²) in [5.41, 5.74) is -0.429. The van der Waals surface area contributed by atoms with Gasteiger partial charge < -0.3 is 15.7 Å². The Morgan fingerprint density at radius 3 is 2.30 bits per heavy atom. The number of thiophene rings is 1. The number of benzene rings is 3. The van der Waals surface area contributed by atoms with E-state index in [2.05, 4.69) is 10.6 Å². The Morgan fingerprint density at radius 2 is 1.61 bits per heavy atom. The average Bonchev–Trinajstić information content (AvgIpc) is 3.12. The summed E-state index contributed by atoms with van der Waals surface area (Å²) in [6.07, 6.45) is 0. The fourth-order valence-corrected chi connectivity index (χ4v) is 4.67. The molecule has 4 aromatic rings. The third kappa shape index (κ3) is 4.68. The van der Waals surface area contributed by atoms with Crippen LogP contribution in [0.2, 0.25) is 10.0 Å². The molecule has 0 unspecified atom stereocenters. The van der Waals surface area contributed by atoms with Gasteiger partial charge in [0.15, 0.2) is 0 Å². The monoisotopic (exact) mass is 502 g/mol. The Labute approximate surface area is 200 Å². The van der Waals surface area contributed by atoms with E-state index in [0.29, 0.717) is 5.39 Å². The fraction of sp³-hybridized carbons (Fsp3) is 0. The first-order chi connectivity index (χ1) is 15.7. The van der Waals surface area contributed by atoms with Gasteiger partial charge in [0.25, 0.3) is 11.8 Å². The molecule has 0 saturated heterocycles. The number of carboxylic acids is 1. The van der Waals surface area contributed by atoms with Crippen LogP contribution in [0.25, 0.3) is 10.1 Å². The average molecular weight is 503 g/mol. The van der Waals surface area contributed by atoms with Crippen molar-refractivity contribution >= 4 is 73.8 Å². The van der Waals surface area contributed by atoms with Gasteiger partial charge >= 0.3 is 5.97 Å². The van der Waals surface area contributed by atoms with Gasteiger partial charge in [-0.25, -0.2) is 9.18 Å². The van der Waals surface area contributed by atoms with Gasteiger partial charge in [-0.2, -0.15) is 0 Å². The number of nitrogens with one attached hydrogen (secondary N) is 2. The van der Waals surface area contributed by atoms with Gasteiger partial charge in [-0.05, 0) is 42.5 Å². The van der Waals surface area contributed by atoms with Crippen LogP contribution >= 0.6 is 34.5 Å². The number of hydrogen-bond acceptors (Lipinski definition) is 4. The third-order valence-corrected chi connectivity index (χ3v) is 6.59. The third-order valence-electron chi connectivity index (χ3n) is 4.68. The van der Waals surface area contributed by atoms with Crippen molar-refractivity contribution in [2.45, 2.75) is 0 Å². The molecule has 6 nitrogen and oxygen atoms in total. The molecule has 1 aromatic heterocycles. The zero-order valence-electron chi connectivity index (χ0n) is 16.5. The molecule has 0 fully saturated rings. The molecular formula is C23H13Cl2FN2O4S. The number of fused-ring (bicyclic) bond motifs is 1. The van der Waals surface area contributed by atoms with Crippen molar-refractivity contribution in [1.29, 1.82) is 0 Å². The fourth-order valence-electron chi connectivity index (χ4n) is 3.10. The number of carboxylic acid groups (broad SMARTS) is 1. The standard InChI is InChI=1S/C23H13Cl2FN2O4S/c24-12-6-8-16(15(26)10-12)27-21(29)11-5-7-13(23(31)32)17(9-11)28-22(30)20-19(25)14-3-1-2-4-18(14)33-20/h1-10H,(H,27,29)(H,28,30)(H,31,32). The molecule has 0 aliphatic rings. The Bertz CT molecular complexity index is 1440. The molecule has 166 valence electrons. The normalized spacial score (nSPS) is 10.8. The van der Waals surface area contributed by atoms with E-state index >= 15 is 0 Å². The summed E-state index contributed by atoms with van der Waals surface area (Å²) in [6.45, 7) is 0. The van der Waals surface area contributed by atoms with Gasteiger partial charge in [-0.1, -0.05) is 41.4 Å². The van der Waals surface area contributed by atoms with E-state index in [1.165, 1.54) is 30.3 Å². The molecule has 0 bridgehead atoms. The quantitative estimate of drug-likeness (QED) is 0.288. The minimum absolute atomic E-state index is 0.00656. The number of hydrogen-bond donors (Lipinski definition) is 3. The highest BCUT2D eigenvalue weighted by molar-refractivity contribution is 7.21. The molecule has 2 amide bonds. The van der Waals surface area contributed by atoms with Gasteiger partial charge in [0.1, 0.15) is 10.7 Å². The molecule has 3 aromatic carbocycles. The number of carbonyl (C=O) groups excluding carboxylic acids is 2. The summed E-state index contributed by atoms with van der Waals surface area (Å²) in [7, 11) is 0. The van der Waals surface area contributed by atoms with Crippen molar-refractivity contribution < 1.29 is 23.9 Å². The van der Waals surface area contributed by atoms with Crippen molar-refractivity contribution in [3.05, 3.63) is 92.5 Å². The van der Waals surface area contributed by atoms with Gasteiger partial charge in [0, 0.05) is 20.7 Å². The van der Waals surface area contributed by atoms with Gasteiger partial charge in [0.05, 0.1) is 22.0 Å². The summed E-state index contributed by atoms with van der Waals surface area (Å²) in [5.74, 6) is -3.36. The lowest BCUT2D eigenvalue weighted by Gasteiger charge is -2.11. The highest BCUT2D eigenvalue weighted by atomic mass is 35.5. The smallest absolute Gasteiger partial charge is 0.337 e. The molecule has 3 N–H and O–H groups in total. The predicted molar refractivity (Wildman–Crippen MR) is 128 cm³/mol. The first-order valence-corrected chi connectivity index (χ1v) is 10.9. The predicted octanol–water partition coefficient (Wildman–Crippen LogP) is 6.55. The minimum Gasteiger partial charge on any atom is -0.478 e. The molecule has 0 radical (unpaired) electrons. The van der Waals surface area contributed by atoms with E-state index in [1.807, 2.05) is 12.1 Å². The molecular weight excluding hydrogens is 490 g/mol. The molecule has 0 saturated carbocycles. The maximum absolute atomic E-state index is 14.0. The lowest BCUT2D eigenvalue weighted by Crippen LogP contribution is -2.17. The lowest BCUT2D eigenvalue weighted by atomic mass is 10.1. The summed E-state index contributed by atoms with van der Waals surface area (Å²) < 4.78 is 14.8. The maximum Gasteiger partial charge on any atom is 0.337 e. The molecule has 0 atom stereocenters. The highest BCUT2D eigenvalue weighted by Crippen LogP contribution is 2.35. The maximum atomic E-state index is 14.0. The molecule has 33 heavy (non-hydrogen) atoms. The van der Waals surface area contributed by atoms with Gasteiger partial charge in [-0.15, -0.1) is 11.3 Å². The Kier molecular flexibility index (Phi) is 6.33. The van der Waals surface area contributed by atoms with Crippen molar-refractivity contribution in [2.24, 2.45) is 0 Å². The number of halogens is 3. The highest BCUT2D eigenvalue weighted by Gasteiger charge is 2.21. The van der Waals surface area contributed by atoms with E-state index < -0.39 is 23.6 Å². The largest absolute Gasteiger partial charge is 0.478 e. The first kappa shape index (κ1) is 22.7. The van der Waals surface area contributed by atoms with Crippen LogP contribution in [-0.2, 0) is 0 Å². The van der Waals surface area contributed by atoms with E-state index in [-0.39, 0.29) is 37.4 Å². The van der Waals surface area contributed by atoms with Crippen molar-refractivity contribution in [3.63, 3.8) is 0 Å². The van der Waals surface area contributed by atoms with Crippen LogP contribution in [0.5, 0.6) is 0 Å². The van der Waals surface area contributed by atoms with E-state index in [9.17, 15) is 23.9 Å². The number of carbonyl (C=O) groups is 3. The first-order valence-electron chi connectivity index (χ1n) is 9.36. The van der Waals surface area contributed by atoms with Gasteiger partial charge in [-0.3, -0.25) is 9.59 Å². The second kappa shape index (κ2) is 9.19. The number of aromatic carboxylic acids is 1. The molecule has 10 heteroatoms. The zero-order valence-corrected chi connectivity index (χ0v) is 18.8. The van der Waals surface area contributed by atoms with Crippen molar-refractivity contribution in [3.8, 4) is 0 Å². The summed E-state index contributed by atoms with van der Waals surface area (Å²) in [4.78, 5) is 37.4. The van der Waals surface area contributed by atoms with Crippen molar-refractivity contribution in [1.82, 2.24) is 0 Å². The molecule has 1 heterocycles. The van der Waals surface area contributed by atoms with E-state index in [4.69, 9.17) is 23.2 Å². The van der Waals surface area contributed by atoms with Crippen LogP contribution in [0.4, 0.5) is 15.8 Å². The number of anilines is 2. The molecule has 0 aliphatic carbocycles. The summed E-state index contributed by atoms with van der Waals surface area (Å²) in [6, 6.07) is 14.6. The lowest BCUT2D eigenvalue weighted by molar-refractivity contribution is 0.0697. The van der Waals surface area contributed by atoms with Crippen molar-refractivity contribution in [2.75, 3.05) is 10.6 Å². The van der Waals surface area contributed by atoms with E-state index in [0.717, 1.165) is 22.1 Å². The van der Waals surface area contributed by atoms with Crippen LogP contribution in [0, 0.1) is 5.82 Å². The van der Waals surface area contributed by atoms with E-state index in [1.54, 1.807) is 12.1 Å². The zero-order chi connectivity index (χ0) is 23.7. The number of rotatable bonds is 5. The Hall–Kier alpha value is -3.46. The molecule has 0 aliphatic heterocycles. The topological polar surface area (TPSA) is 95.5 Å². The summed E-state index contributed by atoms with van der Waals surface area (Å²) >= 11 is 13.2. The second-order valence-electron chi connectivity index (χ2n) is 6.84. The van der Waals surface area contributed by atoms with Crippen LogP contribution in [-0.4, -0.2) is 22.9 Å². The van der Waals surface area contributed by atoms with Crippen LogP contribution in [0.1, 0.15) is 30.4 Å². The Balaban J connectivity index is 1.64. The van der Waals surface area contributed by atoms with Gasteiger partial charge in [0.2, 0.25) is 0 Å². The van der Waals surface area contributed by atoms with Crippen LogP contribution in [0.15, 0.2) is 60.7 Å². The SMILES string of the molecule is O=C(Nc1ccc(Cl)cc1F)c1ccc(C(=O)O)c(NC(=O)c2sc3ccccc3c2Cl)c1. The summed E-state index contributed by atoms with van der Waals surface area (Å²) in [5, 5.41) is 15.5. The number of amides is 2. The molecule has 4 rings (SSSR count). The minimum atomic E-state index is -1.30.